The lowest BCUT2D eigenvalue weighted by Gasteiger charge is -2.02. The lowest BCUT2D eigenvalue weighted by atomic mass is 10.3. The molecule has 0 aliphatic rings. The Bertz CT molecular complexity index is 713. The SMILES string of the molecule is Cc1nsc(Sc2ccnc3cc(Br)cnc23)n1. The molecule has 0 saturated carbocycles. The topological polar surface area (TPSA) is 51.6 Å². The Balaban J connectivity index is 2.06. The number of rotatable bonds is 2. The molecule has 0 aliphatic carbocycles. The van der Waals surface area contributed by atoms with E-state index in [4.69, 9.17) is 0 Å². The predicted octanol–water partition coefficient (Wildman–Crippen LogP) is 3.70. The van der Waals surface area contributed by atoms with Gasteiger partial charge in [-0.1, -0.05) is 11.8 Å². The molecule has 4 nitrogen and oxygen atoms in total. The van der Waals surface area contributed by atoms with Crippen molar-refractivity contribution in [3.05, 3.63) is 34.8 Å². The van der Waals surface area contributed by atoms with Crippen LogP contribution < -0.4 is 0 Å². The zero-order valence-electron chi connectivity index (χ0n) is 9.29. The van der Waals surface area contributed by atoms with E-state index in [-0.39, 0.29) is 0 Å². The molecule has 0 N–H and O–H groups in total. The predicted molar refractivity (Wildman–Crippen MR) is 76.0 cm³/mol. The highest BCUT2D eigenvalue weighted by Gasteiger charge is 2.08. The zero-order valence-corrected chi connectivity index (χ0v) is 12.5. The molecule has 3 rings (SSSR count). The largest absolute Gasteiger partial charge is 0.254 e. The highest BCUT2D eigenvalue weighted by Crippen LogP contribution is 2.33. The van der Waals surface area contributed by atoms with E-state index >= 15 is 0 Å². The average molecular weight is 339 g/mol. The van der Waals surface area contributed by atoms with Gasteiger partial charge in [-0.2, -0.15) is 4.37 Å². The van der Waals surface area contributed by atoms with Crippen LogP contribution in [0.3, 0.4) is 0 Å². The first-order chi connectivity index (χ1) is 8.72. The number of hydrogen-bond donors (Lipinski definition) is 0. The molecule has 18 heavy (non-hydrogen) atoms. The molecule has 3 heterocycles. The summed E-state index contributed by atoms with van der Waals surface area (Å²) in [5.41, 5.74) is 1.76. The highest BCUT2D eigenvalue weighted by atomic mass is 79.9. The maximum atomic E-state index is 4.41. The van der Waals surface area contributed by atoms with Crippen molar-refractivity contribution in [2.75, 3.05) is 0 Å². The molecule has 0 amide bonds. The third-order valence-corrected chi connectivity index (χ3v) is 4.54. The maximum absolute atomic E-state index is 4.41. The Labute approximate surface area is 120 Å². The minimum atomic E-state index is 0.802. The summed E-state index contributed by atoms with van der Waals surface area (Å²) in [6, 6.07) is 3.91. The Morgan fingerprint density at radius 3 is 3.00 bits per heavy atom. The lowest BCUT2D eigenvalue weighted by molar-refractivity contribution is 1.10. The molecular formula is C11H7BrN4S2. The fourth-order valence-corrected chi connectivity index (χ4v) is 3.50. The molecule has 0 atom stereocenters. The molecule has 0 radical (unpaired) electrons. The number of fused-ring (bicyclic) bond motifs is 1. The standard InChI is InChI=1S/C11H7BrN4S2/c1-6-15-11(18-16-6)17-9-2-3-13-8-4-7(12)5-14-10(8)9/h2-5H,1H3. The molecule has 0 saturated heterocycles. The van der Waals surface area contributed by atoms with Crippen molar-refractivity contribution in [1.82, 2.24) is 19.3 Å². The summed E-state index contributed by atoms with van der Waals surface area (Å²) >= 11 is 6.37. The number of nitrogens with zero attached hydrogens (tertiary/aromatic N) is 4. The van der Waals surface area contributed by atoms with Crippen LogP contribution in [0, 0.1) is 6.92 Å². The van der Waals surface area contributed by atoms with Crippen molar-refractivity contribution in [2.24, 2.45) is 0 Å². The normalized spacial score (nSPS) is 11.0. The quantitative estimate of drug-likeness (QED) is 0.712. The van der Waals surface area contributed by atoms with Crippen LogP contribution in [0.25, 0.3) is 11.0 Å². The van der Waals surface area contributed by atoms with E-state index in [1.165, 1.54) is 11.5 Å². The van der Waals surface area contributed by atoms with E-state index < -0.39 is 0 Å². The smallest absolute Gasteiger partial charge is 0.174 e. The molecule has 90 valence electrons. The first-order valence-corrected chi connectivity index (χ1v) is 7.49. The van der Waals surface area contributed by atoms with Gasteiger partial charge in [0.1, 0.15) is 11.3 Å². The summed E-state index contributed by atoms with van der Waals surface area (Å²) in [7, 11) is 0. The number of aryl methyl sites for hydroxylation is 1. The van der Waals surface area contributed by atoms with E-state index in [0.717, 1.165) is 30.6 Å². The molecule has 0 aromatic carbocycles. The Morgan fingerprint density at radius 1 is 1.33 bits per heavy atom. The average Bonchev–Trinajstić information content (AvgIpc) is 2.75. The van der Waals surface area contributed by atoms with Gasteiger partial charge in [-0.3, -0.25) is 9.97 Å². The van der Waals surface area contributed by atoms with Gasteiger partial charge in [0.2, 0.25) is 0 Å². The fraction of sp³-hybridized carbons (Fsp3) is 0.0909. The molecule has 0 bridgehead atoms. The Kier molecular flexibility index (Phi) is 3.27. The fourth-order valence-electron chi connectivity index (χ4n) is 1.48. The van der Waals surface area contributed by atoms with Gasteiger partial charge in [-0.15, -0.1) is 0 Å². The van der Waals surface area contributed by atoms with Crippen molar-refractivity contribution in [3.63, 3.8) is 0 Å². The summed E-state index contributed by atoms with van der Waals surface area (Å²) in [4.78, 5) is 14.1. The number of hydrogen-bond acceptors (Lipinski definition) is 6. The lowest BCUT2D eigenvalue weighted by Crippen LogP contribution is -1.85. The van der Waals surface area contributed by atoms with E-state index in [9.17, 15) is 0 Å². The van der Waals surface area contributed by atoms with Gasteiger partial charge < -0.3 is 0 Å². The molecule has 0 aliphatic heterocycles. The molecular weight excluding hydrogens is 332 g/mol. The van der Waals surface area contributed by atoms with E-state index in [1.807, 2.05) is 19.1 Å². The van der Waals surface area contributed by atoms with E-state index in [1.54, 1.807) is 24.2 Å². The van der Waals surface area contributed by atoms with Gasteiger partial charge in [0.25, 0.3) is 0 Å². The summed E-state index contributed by atoms with van der Waals surface area (Å²) in [6.45, 7) is 1.89. The van der Waals surface area contributed by atoms with Gasteiger partial charge in [-0.25, -0.2) is 4.98 Å². The van der Waals surface area contributed by atoms with Crippen LogP contribution in [-0.2, 0) is 0 Å². The van der Waals surface area contributed by atoms with E-state index in [0.29, 0.717) is 0 Å². The second-order valence-electron chi connectivity index (χ2n) is 3.54. The van der Waals surface area contributed by atoms with Crippen LogP contribution in [0.4, 0.5) is 0 Å². The molecule has 0 unspecified atom stereocenters. The monoisotopic (exact) mass is 338 g/mol. The first kappa shape index (κ1) is 12.0. The first-order valence-electron chi connectivity index (χ1n) is 5.11. The van der Waals surface area contributed by atoms with Crippen LogP contribution in [0.15, 0.2) is 38.2 Å². The van der Waals surface area contributed by atoms with Crippen molar-refractivity contribution >= 4 is 50.3 Å². The minimum Gasteiger partial charge on any atom is -0.254 e. The van der Waals surface area contributed by atoms with Gasteiger partial charge in [0.05, 0.1) is 5.52 Å². The number of pyridine rings is 2. The summed E-state index contributed by atoms with van der Waals surface area (Å²) < 4.78 is 6.02. The van der Waals surface area contributed by atoms with Crippen LogP contribution in [-0.4, -0.2) is 19.3 Å². The second kappa shape index (κ2) is 4.91. The molecule has 3 aromatic heterocycles. The Morgan fingerprint density at radius 2 is 2.22 bits per heavy atom. The second-order valence-corrected chi connectivity index (χ2v) is 6.50. The van der Waals surface area contributed by atoms with Crippen LogP contribution in [0.2, 0.25) is 0 Å². The minimum absolute atomic E-state index is 0.802. The number of halogens is 1. The van der Waals surface area contributed by atoms with Gasteiger partial charge >= 0.3 is 0 Å². The Hall–Kier alpha value is -1.05. The summed E-state index contributed by atoms with van der Waals surface area (Å²) in [6.07, 6.45) is 3.56. The van der Waals surface area contributed by atoms with Gasteiger partial charge in [0, 0.05) is 21.8 Å². The third-order valence-electron chi connectivity index (χ3n) is 2.21. The van der Waals surface area contributed by atoms with Crippen molar-refractivity contribution in [2.45, 2.75) is 16.2 Å². The summed E-state index contributed by atoms with van der Waals surface area (Å²) in [5, 5.41) is 0. The highest BCUT2D eigenvalue weighted by molar-refractivity contribution is 9.10. The third kappa shape index (κ3) is 2.38. The maximum Gasteiger partial charge on any atom is 0.174 e. The molecule has 3 aromatic rings. The van der Waals surface area contributed by atoms with E-state index in [2.05, 4.69) is 35.3 Å². The molecule has 7 heteroatoms. The van der Waals surface area contributed by atoms with Gasteiger partial charge in [-0.05, 0) is 46.5 Å². The van der Waals surface area contributed by atoms with Crippen LogP contribution >= 0.6 is 39.2 Å². The van der Waals surface area contributed by atoms with Crippen LogP contribution in [0.1, 0.15) is 5.82 Å². The van der Waals surface area contributed by atoms with Crippen molar-refractivity contribution in [3.8, 4) is 0 Å². The molecule has 0 spiro atoms. The van der Waals surface area contributed by atoms with Gasteiger partial charge in [0.15, 0.2) is 4.34 Å². The van der Waals surface area contributed by atoms with Crippen LogP contribution in [0.5, 0.6) is 0 Å². The van der Waals surface area contributed by atoms with Crippen molar-refractivity contribution < 1.29 is 0 Å². The summed E-state index contributed by atoms with van der Waals surface area (Å²) in [5.74, 6) is 0.802. The number of aromatic nitrogens is 4. The molecule has 0 fully saturated rings. The van der Waals surface area contributed by atoms with Crippen molar-refractivity contribution in [1.29, 1.82) is 0 Å². The zero-order chi connectivity index (χ0) is 12.5.